The fraction of sp³-hybridized carbons (Fsp3) is 0.158. The first-order valence-corrected chi connectivity index (χ1v) is 8.46. The summed E-state index contributed by atoms with van der Waals surface area (Å²) in [5.74, 6) is 0.630. The first kappa shape index (κ1) is 17.9. The van der Waals surface area contributed by atoms with Crippen molar-refractivity contribution in [2.45, 2.75) is 19.1 Å². The molecule has 0 unspecified atom stereocenters. The summed E-state index contributed by atoms with van der Waals surface area (Å²) in [6, 6.07) is 6.15. The Labute approximate surface area is 157 Å². The molecule has 0 aliphatic carbocycles. The summed E-state index contributed by atoms with van der Waals surface area (Å²) in [7, 11) is 0. The molecule has 0 radical (unpaired) electrons. The standard InChI is InChI=1S/C19H15F3N6/c20-19(21,22)16-3-1-13(7-24-16)8-26-17-4-2-12(6-25-17)5-14-9-27-18-15(14)10-23-11-28-18/h1-4,6-7,9-11H,5,8H2,(H,25,26)(H,23,27,28). The molecule has 9 heteroatoms. The van der Waals surface area contributed by atoms with Crippen molar-refractivity contribution in [3.05, 3.63) is 77.8 Å². The highest BCUT2D eigenvalue weighted by Gasteiger charge is 2.31. The number of fused-ring (bicyclic) bond motifs is 1. The number of nitrogens with zero attached hydrogens (tertiary/aromatic N) is 4. The number of hydrogen-bond donors (Lipinski definition) is 2. The maximum Gasteiger partial charge on any atom is 0.433 e. The predicted octanol–water partition coefficient (Wildman–Crippen LogP) is 3.97. The molecule has 4 aromatic rings. The molecule has 0 aromatic carbocycles. The fourth-order valence-corrected chi connectivity index (χ4v) is 2.80. The van der Waals surface area contributed by atoms with E-state index in [0.29, 0.717) is 24.3 Å². The molecule has 4 heterocycles. The van der Waals surface area contributed by atoms with Gasteiger partial charge in [0.05, 0.1) is 0 Å². The minimum absolute atomic E-state index is 0.331. The zero-order valence-electron chi connectivity index (χ0n) is 14.5. The van der Waals surface area contributed by atoms with Crippen molar-refractivity contribution in [2.24, 2.45) is 0 Å². The molecule has 2 N–H and O–H groups in total. The van der Waals surface area contributed by atoms with Crippen LogP contribution >= 0.6 is 0 Å². The van der Waals surface area contributed by atoms with Gasteiger partial charge in [0.15, 0.2) is 0 Å². The number of aromatic amines is 1. The summed E-state index contributed by atoms with van der Waals surface area (Å²) in [5, 5.41) is 4.05. The molecule has 142 valence electrons. The molecule has 0 bridgehead atoms. The van der Waals surface area contributed by atoms with Gasteiger partial charge in [-0.05, 0) is 28.8 Å². The Morgan fingerprint density at radius 1 is 0.929 bits per heavy atom. The highest BCUT2D eigenvalue weighted by molar-refractivity contribution is 5.78. The van der Waals surface area contributed by atoms with Gasteiger partial charge in [0.2, 0.25) is 0 Å². The lowest BCUT2D eigenvalue weighted by Crippen LogP contribution is -2.08. The number of aromatic nitrogens is 5. The molecule has 4 aromatic heterocycles. The van der Waals surface area contributed by atoms with Crippen LogP contribution in [0.1, 0.15) is 22.4 Å². The molecule has 0 saturated heterocycles. The van der Waals surface area contributed by atoms with Crippen LogP contribution in [0.3, 0.4) is 0 Å². The maximum absolute atomic E-state index is 12.5. The van der Waals surface area contributed by atoms with Crippen LogP contribution in [0.2, 0.25) is 0 Å². The average molecular weight is 384 g/mol. The van der Waals surface area contributed by atoms with Crippen LogP contribution in [0, 0.1) is 0 Å². The molecule has 0 aliphatic heterocycles. The second-order valence-electron chi connectivity index (χ2n) is 6.23. The number of rotatable bonds is 5. The number of alkyl halides is 3. The Balaban J connectivity index is 1.38. The molecular weight excluding hydrogens is 369 g/mol. The van der Waals surface area contributed by atoms with Crippen LogP contribution < -0.4 is 5.32 Å². The Morgan fingerprint density at radius 2 is 1.75 bits per heavy atom. The van der Waals surface area contributed by atoms with E-state index in [-0.39, 0.29) is 0 Å². The van der Waals surface area contributed by atoms with Crippen molar-refractivity contribution < 1.29 is 13.2 Å². The van der Waals surface area contributed by atoms with Gasteiger partial charge in [-0.1, -0.05) is 12.1 Å². The van der Waals surface area contributed by atoms with Crippen molar-refractivity contribution in [1.29, 1.82) is 0 Å². The van der Waals surface area contributed by atoms with Gasteiger partial charge in [0.25, 0.3) is 0 Å². The molecule has 6 nitrogen and oxygen atoms in total. The van der Waals surface area contributed by atoms with E-state index in [1.165, 1.54) is 18.6 Å². The third-order valence-electron chi connectivity index (χ3n) is 4.25. The molecular formula is C19H15F3N6. The van der Waals surface area contributed by atoms with Gasteiger partial charge in [0.1, 0.15) is 23.5 Å². The van der Waals surface area contributed by atoms with Gasteiger partial charge < -0.3 is 10.3 Å². The highest BCUT2D eigenvalue weighted by atomic mass is 19.4. The quantitative estimate of drug-likeness (QED) is 0.544. The molecule has 0 fully saturated rings. The van der Waals surface area contributed by atoms with E-state index in [1.54, 1.807) is 12.4 Å². The summed E-state index contributed by atoms with van der Waals surface area (Å²) in [4.78, 5) is 19.1. The van der Waals surface area contributed by atoms with Crippen molar-refractivity contribution in [2.75, 3.05) is 5.32 Å². The van der Waals surface area contributed by atoms with Crippen LogP contribution in [0.5, 0.6) is 0 Å². The van der Waals surface area contributed by atoms with Crippen LogP contribution in [0.4, 0.5) is 19.0 Å². The van der Waals surface area contributed by atoms with Crippen molar-refractivity contribution >= 4 is 16.9 Å². The predicted molar refractivity (Wildman–Crippen MR) is 97.5 cm³/mol. The molecule has 28 heavy (non-hydrogen) atoms. The minimum atomic E-state index is -4.43. The van der Waals surface area contributed by atoms with Gasteiger partial charge >= 0.3 is 6.18 Å². The normalized spacial score (nSPS) is 11.7. The number of nitrogens with one attached hydrogen (secondary N) is 2. The minimum Gasteiger partial charge on any atom is -0.366 e. The highest BCUT2D eigenvalue weighted by Crippen LogP contribution is 2.27. The topological polar surface area (TPSA) is 79.4 Å². The van der Waals surface area contributed by atoms with Gasteiger partial charge in [-0.3, -0.25) is 4.98 Å². The van der Waals surface area contributed by atoms with Crippen LogP contribution in [-0.2, 0) is 19.1 Å². The number of halogens is 3. The Kier molecular flexibility index (Phi) is 4.64. The second-order valence-corrected chi connectivity index (χ2v) is 6.23. The number of pyridine rings is 2. The first-order chi connectivity index (χ1) is 13.5. The lowest BCUT2D eigenvalue weighted by atomic mass is 10.1. The van der Waals surface area contributed by atoms with Crippen LogP contribution in [0.15, 0.2) is 55.4 Å². The van der Waals surface area contributed by atoms with Gasteiger partial charge in [-0.2, -0.15) is 13.2 Å². The van der Waals surface area contributed by atoms with Gasteiger partial charge in [-0.25, -0.2) is 15.0 Å². The molecule has 0 spiro atoms. The first-order valence-electron chi connectivity index (χ1n) is 8.46. The monoisotopic (exact) mass is 384 g/mol. The van der Waals surface area contributed by atoms with Crippen molar-refractivity contribution in [3.63, 3.8) is 0 Å². The van der Waals surface area contributed by atoms with Crippen molar-refractivity contribution in [1.82, 2.24) is 24.9 Å². The fourth-order valence-electron chi connectivity index (χ4n) is 2.80. The SMILES string of the molecule is FC(F)(F)c1ccc(CNc2ccc(Cc3c[nH]c4ncncc34)cn2)cn1. The average Bonchev–Trinajstić information content (AvgIpc) is 3.10. The van der Waals surface area contributed by atoms with E-state index in [4.69, 9.17) is 0 Å². The molecule has 0 saturated carbocycles. The number of anilines is 1. The summed E-state index contributed by atoms with van der Waals surface area (Å²) < 4.78 is 37.6. The van der Waals surface area contributed by atoms with Crippen LogP contribution in [-0.4, -0.2) is 24.9 Å². The molecule has 0 aliphatic rings. The Hall–Kier alpha value is -3.49. The summed E-state index contributed by atoms with van der Waals surface area (Å²) in [6.45, 7) is 0.331. The largest absolute Gasteiger partial charge is 0.433 e. The van der Waals surface area contributed by atoms with Gasteiger partial charge in [-0.15, -0.1) is 0 Å². The van der Waals surface area contributed by atoms with E-state index in [1.807, 2.05) is 18.3 Å². The Morgan fingerprint density at radius 3 is 2.46 bits per heavy atom. The lowest BCUT2D eigenvalue weighted by Gasteiger charge is -2.08. The second kappa shape index (κ2) is 7.26. The molecule has 0 amide bonds. The van der Waals surface area contributed by atoms with Gasteiger partial charge in [0, 0.05) is 43.1 Å². The third-order valence-corrected chi connectivity index (χ3v) is 4.25. The smallest absolute Gasteiger partial charge is 0.366 e. The van der Waals surface area contributed by atoms with Crippen LogP contribution in [0.25, 0.3) is 11.0 Å². The molecule has 4 rings (SSSR count). The zero-order chi connectivity index (χ0) is 19.6. The number of H-pyrrole nitrogens is 1. The summed E-state index contributed by atoms with van der Waals surface area (Å²) >= 11 is 0. The van der Waals surface area contributed by atoms with E-state index in [9.17, 15) is 13.2 Å². The third kappa shape index (κ3) is 3.93. The zero-order valence-corrected chi connectivity index (χ0v) is 14.5. The van der Waals surface area contributed by atoms with E-state index < -0.39 is 11.9 Å². The lowest BCUT2D eigenvalue weighted by molar-refractivity contribution is -0.141. The molecule has 0 atom stereocenters. The summed E-state index contributed by atoms with van der Waals surface area (Å²) in [6.07, 6.45) is 4.40. The maximum atomic E-state index is 12.5. The number of hydrogen-bond acceptors (Lipinski definition) is 5. The van der Waals surface area contributed by atoms with E-state index in [0.717, 1.165) is 28.2 Å². The van der Waals surface area contributed by atoms with E-state index >= 15 is 0 Å². The Bertz CT molecular complexity index is 1070. The summed E-state index contributed by atoms with van der Waals surface area (Å²) in [5.41, 5.74) is 2.63. The van der Waals surface area contributed by atoms with E-state index in [2.05, 4.69) is 30.2 Å². The van der Waals surface area contributed by atoms with Crippen molar-refractivity contribution in [3.8, 4) is 0 Å².